The summed E-state index contributed by atoms with van der Waals surface area (Å²) in [6, 6.07) is 0. The van der Waals surface area contributed by atoms with Gasteiger partial charge in [-0.2, -0.15) is 0 Å². The molecule has 0 amide bonds. The van der Waals surface area contributed by atoms with Gasteiger partial charge in [-0.25, -0.2) is 9.97 Å². The van der Waals surface area contributed by atoms with Gasteiger partial charge in [-0.1, -0.05) is 12.2 Å². The molecule has 2 rings (SSSR count). The second kappa shape index (κ2) is 5.18. The van der Waals surface area contributed by atoms with Crippen molar-refractivity contribution in [2.45, 2.75) is 18.9 Å². The second-order valence-electron chi connectivity index (χ2n) is 3.63. The summed E-state index contributed by atoms with van der Waals surface area (Å²) in [5.74, 6) is 0.630. The zero-order chi connectivity index (χ0) is 11.4. The molecule has 1 unspecified atom stereocenters. The first-order valence-corrected chi connectivity index (χ1v) is 5.64. The summed E-state index contributed by atoms with van der Waals surface area (Å²) in [6.45, 7) is 1.56. The maximum atomic E-state index is 5.56. The van der Waals surface area contributed by atoms with Crippen molar-refractivity contribution in [3.8, 4) is 0 Å². The average molecular weight is 238 g/mol. The van der Waals surface area contributed by atoms with E-state index in [1.165, 1.54) is 0 Å². The van der Waals surface area contributed by atoms with Crippen molar-refractivity contribution in [2.75, 3.05) is 18.5 Å². The van der Waals surface area contributed by atoms with E-state index in [-0.39, 0.29) is 11.1 Å². The van der Waals surface area contributed by atoms with Gasteiger partial charge in [0.15, 0.2) is 5.82 Å². The molecule has 2 heterocycles. The van der Waals surface area contributed by atoms with Crippen LogP contribution in [-0.4, -0.2) is 34.2 Å². The van der Waals surface area contributed by atoms with E-state index in [2.05, 4.69) is 15.3 Å². The van der Waals surface area contributed by atoms with Gasteiger partial charge in [-0.15, -0.1) is 0 Å². The summed E-state index contributed by atoms with van der Waals surface area (Å²) in [5, 5.41) is 3.17. The fraction of sp³-hybridized carbons (Fsp3) is 0.500. The number of thiocarbonyl (C=S) groups is 1. The highest BCUT2D eigenvalue weighted by atomic mass is 32.1. The van der Waals surface area contributed by atoms with Gasteiger partial charge in [0.1, 0.15) is 10.7 Å². The van der Waals surface area contributed by atoms with Crippen LogP contribution in [0.5, 0.6) is 0 Å². The Kier molecular flexibility index (Phi) is 3.63. The van der Waals surface area contributed by atoms with Crippen LogP contribution in [0.25, 0.3) is 0 Å². The Morgan fingerprint density at radius 1 is 1.56 bits per heavy atom. The third-order valence-electron chi connectivity index (χ3n) is 2.45. The summed E-state index contributed by atoms with van der Waals surface area (Å²) in [7, 11) is 0. The Balaban J connectivity index is 2.00. The fourth-order valence-electron chi connectivity index (χ4n) is 1.66. The van der Waals surface area contributed by atoms with Crippen molar-refractivity contribution in [3.05, 3.63) is 18.1 Å². The van der Waals surface area contributed by atoms with Crippen molar-refractivity contribution in [2.24, 2.45) is 5.73 Å². The Bertz CT molecular complexity index is 379. The molecule has 86 valence electrons. The molecule has 0 radical (unpaired) electrons. The van der Waals surface area contributed by atoms with Crippen molar-refractivity contribution >= 4 is 23.0 Å². The highest BCUT2D eigenvalue weighted by Gasteiger charge is 2.16. The summed E-state index contributed by atoms with van der Waals surface area (Å²) in [6.07, 6.45) is 5.64. The smallest absolute Gasteiger partial charge is 0.155 e. The second-order valence-corrected chi connectivity index (χ2v) is 4.07. The van der Waals surface area contributed by atoms with Gasteiger partial charge in [0.25, 0.3) is 0 Å². The minimum atomic E-state index is 0.251. The molecule has 1 aromatic rings. The zero-order valence-corrected chi connectivity index (χ0v) is 9.67. The Morgan fingerprint density at radius 2 is 2.38 bits per heavy atom. The predicted octanol–water partition coefficient (Wildman–Crippen LogP) is 0.702. The van der Waals surface area contributed by atoms with Crippen LogP contribution in [-0.2, 0) is 4.74 Å². The fourth-order valence-corrected chi connectivity index (χ4v) is 1.81. The topological polar surface area (TPSA) is 73.1 Å². The summed E-state index contributed by atoms with van der Waals surface area (Å²) >= 11 is 4.90. The van der Waals surface area contributed by atoms with Gasteiger partial charge in [-0.05, 0) is 12.8 Å². The minimum Gasteiger partial charge on any atom is -0.388 e. The van der Waals surface area contributed by atoms with Crippen LogP contribution in [0.1, 0.15) is 18.5 Å². The van der Waals surface area contributed by atoms with E-state index in [1.54, 1.807) is 12.4 Å². The molecular weight excluding hydrogens is 224 g/mol. The number of ether oxygens (including phenoxy) is 1. The standard InChI is InChI=1S/C10H14N4OS/c11-9(16)8-10(13-4-3-12-8)14-6-7-2-1-5-15-7/h3-4,7H,1-2,5-6H2,(H2,11,16)(H,13,14). The first-order chi connectivity index (χ1) is 7.77. The lowest BCUT2D eigenvalue weighted by Gasteiger charge is -2.12. The number of anilines is 1. The van der Waals surface area contributed by atoms with Gasteiger partial charge < -0.3 is 15.8 Å². The van der Waals surface area contributed by atoms with Gasteiger partial charge in [0, 0.05) is 25.5 Å². The lowest BCUT2D eigenvalue weighted by molar-refractivity contribution is 0.120. The quantitative estimate of drug-likeness (QED) is 0.752. The molecular formula is C10H14N4OS. The van der Waals surface area contributed by atoms with E-state index in [9.17, 15) is 0 Å². The molecule has 0 saturated carbocycles. The molecule has 0 spiro atoms. The average Bonchev–Trinajstić information content (AvgIpc) is 2.79. The maximum absolute atomic E-state index is 5.56. The summed E-state index contributed by atoms with van der Waals surface area (Å²) in [4.78, 5) is 8.51. The molecule has 1 fully saturated rings. The van der Waals surface area contributed by atoms with E-state index in [0.29, 0.717) is 18.1 Å². The van der Waals surface area contributed by atoms with Crippen LogP contribution in [0.15, 0.2) is 12.4 Å². The molecule has 1 aromatic heterocycles. The van der Waals surface area contributed by atoms with E-state index < -0.39 is 0 Å². The summed E-state index contributed by atoms with van der Waals surface area (Å²) in [5.41, 5.74) is 6.09. The van der Waals surface area contributed by atoms with E-state index in [0.717, 1.165) is 19.4 Å². The van der Waals surface area contributed by atoms with Gasteiger partial charge >= 0.3 is 0 Å². The molecule has 16 heavy (non-hydrogen) atoms. The largest absolute Gasteiger partial charge is 0.388 e. The Labute approximate surface area is 99.4 Å². The Hall–Kier alpha value is -1.27. The molecule has 1 aliphatic rings. The molecule has 5 nitrogen and oxygen atoms in total. The maximum Gasteiger partial charge on any atom is 0.155 e. The number of rotatable bonds is 4. The molecule has 0 bridgehead atoms. The number of nitrogens with two attached hydrogens (primary N) is 1. The minimum absolute atomic E-state index is 0.251. The molecule has 1 saturated heterocycles. The highest BCUT2D eigenvalue weighted by Crippen LogP contribution is 2.14. The normalized spacial score (nSPS) is 19.6. The van der Waals surface area contributed by atoms with Crippen LogP contribution in [0.4, 0.5) is 5.82 Å². The first kappa shape index (κ1) is 11.2. The third kappa shape index (κ3) is 2.65. The number of nitrogens with one attached hydrogen (secondary N) is 1. The summed E-state index contributed by atoms with van der Waals surface area (Å²) < 4.78 is 5.50. The van der Waals surface area contributed by atoms with Gasteiger partial charge in [-0.3, -0.25) is 0 Å². The lowest BCUT2D eigenvalue weighted by atomic mass is 10.2. The molecule has 1 aliphatic heterocycles. The van der Waals surface area contributed by atoms with E-state index in [1.807, 2.05) is 0 Å². The van der Waals surface area contributed by atoms with E-state index >= 15 is 0 Å². The van der Waals surface area contributed by atoms with E-state index in [4.69, 9.17) is 22.7 Å². The predicted molar refractivity (Wildman–Crippen MR) is 65.4 cm³/mol. The van der Waals surface area contributed by atoms with Crippen LogP contribution >= 0.6 is 12.2 Å². The van der Waals surface area contributed by atoms with Crippen LogP contribution < -0.4 is 11.1 Å². The zero-order valence-electron chi connectivity index (χ0n) is 8.85. The van der Waals surface area contributed by atoms with Crippen LogP contribution in [0.2, 0.25) is 0 Å². The highest BCUT2D eigenvalue weighted by molar-refractivity contribution is 7.80. The Morgan fingerprint density at radius 3 is 3.06 bits per heavy atom. The molecule has 6 heteroatoms. The molecule has 1 atom stereocenters. The number of nitrogens with zero attached hydrogens (tertiary/aromatic N) is 2. The monoisotopic (exact) mass is 238 g/mol. The number of aromatic nitrogens is 2. The van der Waals surface area contributed by atoms with Gasteiger partial charge in [0.2, 0.25) is 0 Å². The number of hydrogen-bond acceptors (Lipinski definition) is 5. The van der Waals surface area contributed by atoms with Crippen molar-refractivity contribution in [3.63, 3.8) is 0 Å². The van der Waals surface area contributed by atoms with Crippen molar-refractivity contribution in [1.82, 2.24) is 9.97 Å². The first-order valence-electron chi connectivity index (χ1n) is 5.23. The lowest BCUT2D eigenvalue weighted by Crippen LogP contribution is -2.22. The third-order valence-corrected chi connectivity index (χ3v) is 2.65. The SMILES string of the molecule is NC(=S)c1nccnc1NCC1CCCO1. The molecule has 0 aliphatic carbocycles. The molecule has 0 aromatic carbocycles. The van der Waals surface area contributed by atoms with Gasteiger partial charge in [0.05, 0.1) is 6.10 Å². The van der Waals surface area contributed by atoms with Crippen molar-refractivity contribution < 1.29 is 4.74 Å². The molecule has 3 N–H and O–H groups in total. The number of hydrogen-bond donors (Lipinski definition) is 2. The van der Waals surface area contributed by atoms with Crippen LogP contribution in [0.3, 0.4) is 0 Å². The van der Waals surface area contributed by atoms with Crippen LogP contribution in [0, 0.1) is 0 Å². The van der Waals surface area contributed by atoms with Crippen molar-refractivity contribution in [1.29, 1.82) is 0 Å².